The molecule has 44 heavy (non-hydrogen) atoms. The second-order valence-corrected chi connectivity index (χ2v) is 10.5. The van der Waals surface area contributed by atoms with Crippen molar-refractivity contribution in [3.05, 3.63) is 53.6 Å². The molecule has 0 radical (unpaired) electrons. The van der Waals surface area contributed by atoms with E-state index in [1.54, 1.807) is 6.07 Å². The molecule has 4 rings (SSSR count). The molecule has 2 saturated heterocycles. The Morgan fingerprint density at radius 2 is 1.41 bits per heavy atom. The number of carbonyl (C=O) groups excluding carboxylic acids is 1. The number of phenolic OH excluding ortho intramolecular Hbond substituents is 4. The van der Waals surface area contributed by atoms with Crippen LogP contribution >= 0.6 is 0 Å². The van der Waals surface area contributed by atoms with Crippen molar-refractivity contribution in [1.82, 2.24) is 0 Å². The normalized spacial score (nSPS) is 32.5. The first-order valence-corrected chi connectivity index (χ1v) is 13.7. The summed E-state index contributed by atoms with van der Waals surface area (Å²) in [5.74, 6) is -2.37. The summed E-state index contributed by atoms with van der Waals surface area (Å²) in [5, 5.41) is 90.3. The van der Waals surface area contributed by atoms with Crippen molar-refractivity contribution >= 4 is 12.0 Å². The van der Waals surface area contributed by atoms with E-state index in [0.717, 1.165) is 6.08 Å². The van der Waals surface area contributed by atoms with Gasteiger partial charge in [-0.25, -0.2) is 4.79 Å². The van der Waals surface area contributed by atoms with E-state index in [1.807, 2.05) is 0 Å². The van der Waals surface area contributed by atoms with Gasteiger partial charge in [-0.3, -0.25) is 0 Å². The minimum Gasteiger partial charge on any atom is -0.504 e. The average Bonchev–Trinajstić information content (AvgIpc) is 2.99. The summed E-state index contributed by atoms with van der Waals surface area (Å²) < 4.78 is 27.8. The Balaban J connectivity index is 1.45. The van der Waals surface area contributed by atoms with E-state index in [0.29, 0.717) is 11.1 Å². The molecular formula is C29H36O15. The van der Waals surface area contributed by atoms with Crippen molar-refractivity contribution in [3.63, 3.8) is 0 Å². The van der Waals surface area contributed by atoms with Crippen LogP contribution in [0.15, 0.2) is 42.5 Å². The van der Waals surface area contributed by atoms with Gasteiger partial charge in [-0.1, -0.05) is 12.1 Å². The van der Waals surface area contributed by atoms with Crippen LogP contribution in [-0.4, -0.2) is 127 Å². The first kappa shape index (κ1) is 33.4. The molecule has 0 unspecified atom stereocenters. The number of phenols is 4. The van der Waals surface area contributed by atoms with E-state index in [-0.39, 0.29) is 30.3 Å². The zero-order chi connectivity index (χ0) is 32.1. The molecule has 0 saturated carbocycles. The van der Waals surface area contributed by atoms with Crippen molar-refractivity contribution < 1.29 is 74.4 Å². The number of carbonyl (C=O) groups is 1. The number of aliphatic hydroxyl groups excluding tert-OH is 5. The van der Waals surface area contributed by atoms with Gasteiger partial charge in [0.1, 0.15) is 36.6 Å². The SMILES string of the molecule is C[C@@H]1O[C@H](OC[C@H]2O[C@@H](OCCc3ccc(O)c(O)c3)[C@H](O)[C@@H](O)[C@@H]2OC(=O)/C=C/c2ccc(O)c(O)c2)[C@H](O)[C@H](O)[C@H]1O. The standard InChI is InChI=1S/C29H36O15/c1-13-22(35)23(36)25(38)29(42-13)41-12-20-27(44-21(34)7-4-14-2-5-16(30)18(32)10-14)24(37)26(39)28(43-20)40-9-8-15-3-6-17(31)19(33)11-15/h2-7,10-11,13,20,22-33,35-39H,8-9,12H2,1H3/b7-4+/t13-,20+,22-,23+,24+,25+,26+,27+,28+,29-/m0/s1. The second kappa shape index (κ2) is 14.5. The fraction of sp³-hybridized carbons (Fsp3) is 0.483. The van der Waals surface area contributed by atoms with Crippen LogP contribution < -0.4 is 0 Å². The summed E-state index contributed by atoms with van der Waals surface area (Å²) in [6, 6.07) is 8.00. The molecule has 0 spiro atoms. The van der Waals surface area contributed by atoms with Crippen LogP contribution in [0.25, 0.3) is 6.08 Å². The van der Waals surface area contributed by atoms with Crippen LogP contribution in [0.3, 0.4) is 0 Å². The molecule has 0 amide bonds. The molecule has 2 aliphatic heterocycles. The summed E-state index contributed by atoms with van der Waals surface area (Å²) in [5.41, 5.74) is 0.927. The molecule has 9 N–H and O–H groups in total. The van der Waals surface area contributed by atoms with Gasteiger partial charge in [0.05, 0.1) is 19.3 Å². The summed E-state index contributed by atoms with van der Waals surface area (Å²) in [6.07, 6.45) is -12.2. The van der Waals surface area contributed by atoms with Crippen molar-refractivity contribution in [2.75, 3.05) is 13.2 Å². The lowest BCUT2D eigenvalue weighted by atomic mass is 9.98. The molecule has 2 aromatic carbocycles. The lowest BCUT2D eigenvalue weighted by Gasteiger charge is -2.43. The van der Waals surface area contributed by atoms with Crippen molar-refractivity contribution in [1.29, 1.82) is 0 Å². The first-order chi connectivity index (χ1) is 20.8. The van der Waals surface area contributed by atoms with E-state index in [1.165, 1.54) is 43.3 Å². The predicted molar refractivity (Wildman–Crippen MR) is 147 cm³/mol. The Labute approximate surface area is 251 Å². The van der Waals surface area contributed by atoms with Gasteiger partial charge >= 0.3 is 5.97 Å². The minimum atomic E-state index is -1.75. The van der Waals surface area contributed by atoms with Gasteiger partial charge in [0.15, 0.2) is 41.7 Å². The van der Waals surface area contributed by atoms with Gasteiger partial charge in [-0.15, -0.1) is 0 Å². The van der Waals surface area contributed by atoms with E-state index < -0.39 is 79.7 Å². The van der Waals surface area contributed by atoms with E-state index >= 15 is 0 Å². The molecule has 0 aliphatic carbocycles. The third-order valence-corrected chi connectivity index (χ3v) is 7.25. The van der Waals surface area contributed by atoms with Gasteiger partial charge in [0.2, 0.25) is 0 Å². The second-order valence-electron chi connectivity index (χ2n) is 10.5. The third kappa shape index (κ3) is 7.95. The van der Waals surface area contributed by atoms with Gasteiger partial charge < -0.3 is 69.6 Å². The molecular weight excluding hydrogens is 588 g/mol. The largest absolute Gasteiger partial charge is 0.504 e. The topological polar surface area (TPSA) is 245 Å². The first-order valence-electron chi connectivity index (χ1n) is 13.7. The average molecular weight is 625 g/mol. The Morgan fingerprint density at radius 1 is 0.773 bits per heavy atom. The maximum atomic E-state index is 12.7. The number of hydrogen-bond acceptors (Lipinski definition) is 15. The monoisotopic (exact) mass is 624 g/mol. The Bertz CT molecular complexity index is 1300. The number of aromatic hydroxyl groups is 4. The van der Waals surface area contributed by atoms with Gasteiger partial charge in [-0.2, -0.15) is 0 Å². The van der Waals surface area contributed by atoms with Crippen LogP contribution in [0.1, 0.15) is 18.1 Å². The zero-order valence-corrected chi connectivity index (χ0v) is 23.5. The van der Waals surface area contributed by atoms with Crippen LogP contribution in [0.5, 0.6) is 23.0 Å². The smallest absolute Gasteiger partial charge is 0.331 e. The highest BCUT2D eigenvalue weighted by molar-refractivity contribution is 5.87. The molecule has 2 aromatic rings. The van der Waals surface area contributed by atoms with Crippen LogP contribution in [0.2, 0.25) is 0 Å². The Morgan fingerprint density at radius 3 is 2.09 bits per heavy atom. The quantitative estimate of drug-likeness (QED) is 0.0873. The highest BCUT2D eigenvalue weighted by Gasteiger charge is 2.49. The summed E-state index contributed by atoms with van der Waals surface area (Å²) >= 11 is 0. The van der Waals surface area contributed by atoms with Gasteiger partial charge in [0.25, 0.3) is 0 Å². The fourth-order valence-electron chi connectivity index (χ4n) is 4.66. The van der Waals surface area contributed by atoms with Crippen molar-refractivity contribution in [2.24, 2.45) is 0 Å². The van der Waals surface area contributed by atoms with Crippen molar-refractivity contribution in [3.8, 4) is 23.0 Å². The van der Waals surface area contributed by atoms with Crippen LogP contribution in [0.4, 0.5) is 0 Å². The van der Waals surface area contributed by atoms with Crippen LogP contribution in [-0.2, 0) is 34.9 Å². The van der Waals surface area contributed by atoms with Gasteiger partial charge in [-0.05, 0) is 54.8 Å². The highest BCUT2D eigenvalue weighted by Crippen LogP contribution is 2.29. The minimum absolute atomic E-state index is 0.0645. The van der Waals surface area contributed by atoms with Gasteiger partial charge in [0, 0.05) is 6.08 Å². The maximum Gasteiger partial charge on any atom is 0.331 e. The molecule has 0 bridgehead atoms. The predicted octanol–water partition coefficient (Wildman–Crippen LogP) is -1.02. The number of esters is 1. The molecule has 2 aliphatic rings. The summed E-state index contributed by atoms with van der Waals surface area (Å²) in [4.78, 5) is 12.7. The Hall–Kier alpha value is -3.51. The molecule has 0 aromatic heterocycles. The maximum absolute atomic E-state index is 12.7. The number of ether oxygens (including phenoxy) is 5. The lowest BCUT2D eigenvalue weighted by molar-refractivity contribution is -0.328. The van der Waals surface area contributed by atoms with E-state index in [9.17, 15) is 50.8 Å². The van der Waals surface area contributed by atoms with E-state index in [2.05, 4.69) is 0 Å². The molecule has 15 nitrogen and oxygen atoms in total. The van der Waals surface area contributed by atoms with Crippen LogP contribution in [0, 0.1) is 0 Å². The zero-order valence-electron chi connectivity index (χ0n) is 23.5. The third-order valence-electron chi connectivity index (χ3n) is 7.25. The highest BCUT2D eigenvalue weighted by atomic mass is 16.7. The lowest BCUT2D eigenvalue weighted by Crippen LogP contribution is -2.62. The molecule has 15 heteroatoms. The molecule has 242 valence electrons. The number of hydrogen-bond donors (Lipinski definition) is 9. The number of rotatable bonds is 10. The molecule has 2 fully saturated rings. The van der Waals surface area contributed by atoms with Crippen molar-refractivity contribution in [2.45, 2.75) is 74.8 Å². The molecule has 2 heterocycles. The summed E-state index contributed by atoms with van der Waals surface area (Å²) in [6.45, 7) is 0.890. The molecule has 10 atom stereocenters. The van der Waals surface area contributed by atoms with E-state index in [4.69, 9.17) is 23.7 Å². The number of aliphatic hydroxyl groups is 5. The summed E-state index contributed by atoms with van der Waals surface area (Å²) in [7, 11) is 0. The fourth-order valence-corrected chi connectivity index (χ4v) is 4.66. The Kier molecular flexibility index (Phi) is 11.0. The number of benzene rings is 2.